The molecule has 0 spiro atoms. The molecule has 1 saturated heterocycles. The summed E-state index contributed by atoms with van der Waals surface area (Å²) in [6, 6.07) is 0. The average Bonchev–Trinajstić information content (AvgIpc) is 2.34. The van der Waals surface area contributed by atoms with Crippen molar-refractivity contribution in [3.63, 3.8) is 0 Å². The lowest BCUT2D eigenvalue weighted by Crippen LogP contribution is -2.42. The largest absolute Gasteiger partial charge is 0.478 e. The first-order chi connectivity index (χ1) is 8.09. The van der Waals surface area contributed by atoms with Crippen LogP contribution in [0.3, 0.4) is 0 Å². The van der Waals surface area contributed by atoms with Crippen molar-refractivity contribution in [2.75, 3.05) is 19.6 Å². The first-order valence-corrected chi connectivity index (χ1v) is 5.56. The number of piperidine rings is 1. The van der Waals surface area contributed by atoms with Crippen molar-refractivity contribution in [3.8, 4) is 0 Å². The molecule has 2 N–H and O–H groups in total. The molecule has 0 aromatic heterocycles. The van der Waals surface area contributed by atoms with E-state index in [0.29, 0.717) is 0 Å². The maximum Gasteiger partial charge on any atom is 0.328 e. The highest BCUT2D eigenvalue weighted by molar-refractivity contribution is 5.95. The van der Waals surface area contributed by atoms with E-state index in [2.05, 4.69) is 5.32 Å². The average molecular weight is 240 g/mol. The second-order valence-corrected chi connectivity index (χ2v) is 3.83. The normalized spacial score (nSPS) is 15.9. The molecule has 1 aliphatic rings. The van der Waals surface area contributed by atoms with Gasteiger partial charge in [0, 0.05) is 25.2 Å². The Kier molecular flexibility index (Phi) is 5.19. The second kappa shape index (κ2) is 6.67. The van der Waals surface area contributed by atoms with Gasteiger partial charge in [-0.2, -0.15) is 0 Å². The van der Waals surface area contributed by atoms with E-state index in [1.165, 1.54) is 0 Å². The second-order valence-electron chi connectivity index (χ2n) is 3.83. The number of amides is 2. The summed E-state index contributed by atoms with van der Waals surface area (Å²) >= 11 is 0. The van der Waals surface area contributed by atoms with Crippen LogP contribution in [0.2, 0.25) is 0 Å². The monoisotopic (exact) mass is 240 g/mol. The van der Waals surface area contributed by atoms with E-state index in [1.54, 1.807) is 4.90 Å². The molecular weight excluding hydrogens is 224 g/mol. The van der Waals surface area contributed by atoms with Crippen molar-refractivity contribution >= 4 is 17.8 Å². The number of carboxylic acid groups (broad SMARTS) is 1. The van der Waals surface area contributed by atoms with Crippen LogP contribution in [0, 0.1) is 0 Å². The van der Waals surface area contributed by atoms with Crippen LogP contribution < -0.4 is 5.32 Å². The van der Waals surface area contributed by atoms with E-state index in [1.807, 2.05) is 0 Å². The minimum absolute atomic E-state index is 0.0806. The number of carbonyl (C=O) groups excluding carboxylic acids is 2. The Morgan fingerprint density at radius 3 is 2.35 bits per heavy atom. The predicted octanol–water partition coefficient (Wildman–Crippen LogP) is -0.244. The molecule has 0 aliphatic carbocycles. The lowest BCUT2D eigenvalue weighted by atomic mass is 10.1. The van der Waals surface area contributed by atoms with Crippen LogP contribution in [0.25, 0.3) is 0 Å². The van der Waals surface area contributed by atoms with Crippen LogP contribution in [0.15, 0.2) is 12.2 Å². The lowest BCUT2D eigenvalue weighted by molar-refractivity contribution is -0.132. The Bertz CT molecular complexity index is 332. The summed E-state index contributed by atoms with van der Waals surface area (Å²) in [5.74, 6) is -1.89. The third-order valence-electron chi connectivity index (χ3n) is 2.50. The van der Waals surface area contributed by atoms with Gasteiger partial charge in [-0.3, -0.25) is 9.59 Å². The fourth-order valence-corrected chi connectivity index (χ4v) is 1.62. The van der Waals surface area contributed by atoms with Gasteiger partial charge >= 0.3 is 5.97 Å². The molecular formula is C11H16N2O4. The number of hydrogen-bond acceptors (Lipinski definition) is 3. The van der Waals surface area contributed by atoms with Crippen LogP contribution in [0.5, 0.6) is 0 Å². The van der Waals surface area contributed by atoms with Crippen molar-refractivity contribution < 1.29 is 19.5 Å². The van der Waals surface area contributed by atoms with Gasteiger partial charge in [0.05, 0.1) is 6.54 Å². The quantitative estimate of drug-likeness (QED) is 0.664. The zero-order valence-corrected chi connectivity index (χ0v) is 9.52. The Morgan fingerprint density at radius 1 is 1.12 bits per heavy atom. The minimum atomic E-state index is -1.19. The third kappa shape index (κ3) is 5.14. The van der Waals surface area contributed by atoms with Crippen LogP contribution in [-0.2, 0) is 14.4 Å². The zero-order chi connectivity index (χ0) is 12.7. The van der Waals surface area contributed by atoms with Gasteiger partial charge in [0.25, 0.3) is 0 Å². The predicted molar refractivity (Wildman–Crippen MR) is 60.2 cm³/mol. The molecule has 1 rings (SSSR count). The summed E-state index contributed by atoms with van der Waals surface area (Å²) in [5.41, 5.74) is 0. The standard InChI is InChI=1S/C11H16N2O4/c14-9(4-5-11(16)17)12-8-10(15)13-6-2-1-3-7-13/h4-5H,1-3,6-8H2,(H,12,14)(H,16,17)/b5-4+. The smallest absolute Gasteiger partial charge is 0.328 e. The SMILES string of the molecule is O=C(O)/C=C/C(=O)NCC(=O)N1CCCCC1. The van der Waals surface area contributed by atoms with Crippen molar-refractivity contribution in [2.24, 2.45) is 0 Å². The van der Waals surface area contributed by atoms with Crippen LogP contribution in [0.4, 0.5) is 0 Å². The van der Waals surface area contributed by atoms with E-state index in [-0.39, 0.29) is 12.5 Å². The van der Waals surface area contributed by atoms with E-state index >= 15 is 0 Å². The lowest BCUT2D eigenvalue weighted by Gasteiger charge is -2.26. The van der Waals surface area contributed by atoms with Crippen molar-refractivity contribution in [2.45, 2.75) is 19.3 Å². The van der Waals surface area contributed by atoms with E-state index in [4.69, 9.17) is 5.11 Å². The number of aliphatic carboxylic acids is 1. The molecule has 1 heterocycles. The summed E-state index contributed by atoms with van der Waals surface area (Å²) < 4.78 is 0. The van der Waals surface area contributed by atoms with Gasteiger partial charge in [0.1, 0.15) is 0 Å². The molecule has 0 bridgehead atoms. The van der Waals surface area contributed by atoms with Gasteiger partial charge in [-0.15, -0.1) is 0 Å². The Balaban J connectivity index is 2.27. The molecule has 0 saturated carbocycles. The van der Waals surface area contributed by atoms with Gasteiger partial charge < -0.3 is 15.3 Å². The molecule has 0 radical (unpaired) electrons. The highest BCUT2D eigenvalue weighted by atomic mass is 16.4. The number of nitrogens with one attached hydrogen (secondary N) is 1. The molecule has 17 heavy (non-hydrogen) atoms. The molecule has 1 fully saturated rings. The molecule has 6 heteroatoms. The molecule has 0 aromatic rings. The van der Waals surface area contributed by atoms with Crippen molar-refractivity contribution in [1.29, 1.82) is 0 Å². The Morgan fingerprint density at radius 2 is 1.76 bits per heavy atom. The molecule has 6 nitrogen and oxygen atoms in total. The number of rotatable bonds is 4. The highest BCUT2D eigenvalue weighted by Gasteiger charge is 2.16. The molecule has 0 unspecified atom stereocenters. The number of carbonyl (C=O) groups is 3. The number of nitrogens with zero attached hydrogens (tertiary/aromatic N) is 1. The summed E-state index contributed by atoms with van der Waals surface area (Å²) in [6.07, 6.45) is 4.77. The summed E-state index contributed by atoms with van der Waals surface area (Å²) in [4.78, 5) is 34.6. The topological polar surface area (TPSA) is 86.7 Å². The summed E-state index contributed by atoms with van der Waals surface area (Å²) in [6.45, 7) is 1.39. The van der Waals surface area contributed by atoms with Crippen molar-refractivity contribution in [3.05, 3.63) is 12.2 Å². The molecule has 0 atom stereocenters. The number of likely N-dealkylation sites (tertiary alicyclic amines) is 1. The van der Waals surface area contributed by atoms with Crippen LogP contribution >= 0.6 is 0 Å². The summed E-state index contributed by atoms with van der Waals surface area (Å²) in [5, 5.41) is 10.7. The van der Waals surface area contributed by atoms with Gasteiger partial charge in [-0.05, 0) is 19.3 Å². The van der Waals surface area contributed by atoms with Gasteiger partial charge in [-0.1, -0.05) is 0 Å². The Hall–Kier alpha value is -1.85. The maximum atomic E-state index is 11.6. The van der Waals surface area contributed by atoms with E-state index < -0.39 is 11.9 Å². The minimum Gasteiger partial charge on any atom is -0.478 e. The van der Waals surface area contributed by atoms with Gasteiger partial charge in [0.2, 0.25) is 11.8 Å². The molecule has 2 amide bonds. The maximum absolute atomic E-state index is 11.6. The Labute approximate surface area is 99.3 Å². The van der Waals surface area contributed by atoms with Gasteiger partial charge in [0.15, 0.2) is 0 Å². The number of carboxylic acids is 1. The van der Waals surface area contributed by atoms with E-state index in [0.717, 1.165) is 44.5 Å². The fraction of sp³-hybridized carbons (Fsp3) is 0.545. The highest BCUT2D eigenvalue weighted by Crippen LogP contribution is 2.07. The van der Waals surface area contributed by atoms with Gasteiger partial charge in [-0.25, -0.2) is 4.79 Å². The zero-order valence-electron chi connectivity index (χ0n) is 9.52. The fourth-order valence-electron chi connectivity index (χ4n) is 1.62. The summed E-state index contributed by atoms with van der Waals surface area (Å²) in [7, 11) is 0. The van der Waals surface area contributed by atoms with Crippen LogP contribution in [0.1, 0.15) is 19.3 Å². The number of hydrogen-bond donors (Lipinski definition) is 2. The van der Waals surface area contributed by atoms with Crippen LogP contribution in [-0.4, -0.2) is 47.4 Å². The molecule has 1 aliphatic heterocycles. The molecule has 94 valence electrons. The molecule has 0 aromatic carbocycles. The van der Waals surface area contributed by atoms with E-state index in [9.17, 15) is 14.4 Å². The first kappa shape index (κ1) is 13.2. The third-order valence-corrected chi connectivity index (χ3v) is 2.50. The van der Waals surface area contributed by atoms with Crippen molar-refractivity contribution in [1.82, 2.24) is 10.2 Å². The first-order valence-electron chi connectivity index (χ1n) is 5.56.